The molecule has 55 heavy (non-hydrogen) atoms. The molecule has 0 saturated carbocycles. The number of aliphatic hydroxyl groups excluding tert-OH is 8. The molecule has 1 amide bonds. The zero-order chi connectivity index (χ0) is 40.4. The number of nitrogens with one attached hydrogen (secondary N) is 1. The molecule has 0 aromatic rings. The first-order chi connectivity index (χ1) is 26.6. The van der Waals surface area contributed by atoms with E-state index in [1.807, 2.05) is 0 Å². The number of carbonyl (C=O) groups excluding carboxylic acids is 1. The van der Waals surface area contributed by atoms with Crippen LogP contribution in [0.4, 0.5) is 0 Å². The predicted octanol–water partition coefficient (Wildman–Crippen LogP) is 3.48. The van der Waals surface area contributed by atoms with E-state index >= 15 is 0 Å². The molecule has 2 rings (SSSR count). The fourth-order valence-electron chi connectivity index (χ4n) is 7.41. The van der Waals surface area contributed by atoms with E-state index in [0.717, 1.165) is 51.4 Å². The summed E-state index contributed by atoms with van der Waals surface area (Å²) < 4.78 is 22.6. The summed E-state index contributed by atoms with van der Waals surface area (Å²) in [5.74, 6) is -0.214. The summed E-state index contributed by atoms with van der Waals surface area (Å²) >= 11 is 0. The summed E-state index contributed by atoms with van der Waals surface area (Å²) in [7, 11) is 0. The molecule has 0 aromatic heterocycles. The van der Waals surface area contributed by atoms with E-state index in [1.165, 1.54) is 83.5 Å². The lowest BCUT2D eigenvalue weighted by Gasteiger charge is -2.46. The highest BCUT2D eigenvalue weighted by atomic mass is 16.7. The van der Waals surface area contributed by atoms with Gasteiger partial charge in [-0.2, -0.15) is 0 Å². The van der Waals surface area contributed by atoms with Crippen molar-refractivity contribution in [3.63, 3.8) is 0 Å². The van der Waals surface area contributed by atoms with Crippen molar-refractivity contribution in [3.8, 4) is 0 Å². The average Bonchev–Trinajstić information content (AvgIpc) is 3.18. The molecule has 0 aromatic carbocycles. The van der Waals surface area contributed by atoms with Crippen LogP contribution in [0, 0.1) is 0 Å². The highest BCUT2D eigenvalue weighted by Crippen LogP contribution is 2.30. The van der Waals surface area contributed by atoms with Gasteiger partial charge in [0.25, 0.3) is 0 Å². The van der Waals surface area contributed by atoms with Crippen LogP contribution in [-0.4, -0.2) is 140 Å². The van der Waals surface area contributed by atoms with Crippen LogP contribution in [0.15, 0.2) is 0 Å². The third-order valence-electron chi connectivity index (χ3n) is 11.1. The largest absolute Gasteiger partial charge is 0.394 e. The first-order valence-corrected chi connectivity index (χ1v) is 21.8. The highest BCUT2D eigenvalue weighted by molar-refractivity contribution is 5.76. The van der Waals surface area contributed by atoms with E-state index in [9.17, 15) is 45.6 Å². The molecule has 0 bridgehead atoms. The van der Waals surface area contributed by atoms with Crippen molar-refractivity contribution in [1.29, 1.82) is 0 Å². The zero-order valence-electron chi connectivity index (χ0n) is 33.9. The minimum absolute atomic E-state index is 0.214. The van der Waals surface area contributed by atoms with Gasteiger partial charge in [-0.3, -0.25) is 4.79 Å². The standard InChI is InChI=1S/C41H79NO13/c1-3-5-7-9-11-12-13-14-15-16-17-19-20-22-24-30(45)29(42-33(46)25-23-21-18-10-8-6-4-2)28-52-40-38(51)36(49)39(32(27-44)54-40)55-41-37(50)35(48)34(47)31(26-43)53-41/h29-32,34-41,43-45,47-51H,3-28H2,1-2H3,(H,42,46)/t29-,30+,31+,32+,34-,35?,36?,37?,38?,39+,40+,41-/m0/s1. The molecule has 14 nitrogen and oxygen atoms in total. The van der Waals surface area contributed by atoms with E-state index in [4.69, 9.17) is 18.9 Å². The maximum absolute atomic E-state index is 13.0. The number of unbranched alkanes of at least 4 members (excludes halogenated alkanes) is 19. The Labute approximate surface area is 330 Å². The molecule has 326 valence electrons. The van der Waals surface area contributed by atoms with Crippen molar-refractivity contribution in [2.75, 3.05) is 19.8 Å². The molecule has 0 spiro atoms. The lowest BCUT2D eigenvalue weighted by molar-refractivity contribution is -0.359. The topological polar surface area (TPSA) is 228 Å². The van der Waals surface area contributed by atoms with Crippen molar-refractivity contribution in [3.05, 3.63) is 0 Å². The number of amides is 1. The Bertz CT molecular complexity index is 946. The summed E-state index contributed by atoms with van der Waals surface area (Å²) in [5, 5.41) is 86.3. The molecule has 14 heteroatoms. The minimum Gasteiger partial charge on any atom is -0.394 e. The predicted molar refractivity (Wildman–Crippen MR) is 208 cm³/mol. The van der Waals surface area contributed by atoms with Gasteiger partial charge in [0.15, 0.2) is 12.6 Å². The number of aliphatic hydroxyl groups is 8. The molecule has 2 fully saturated rings. The summed E-state index contributed by atoms with van der Waals surface area (Å²) in [4.78, 5) is 13.0. The van der Waals surface area contributed by atoms with Crippen LogP contribution in [0.3, 0.4) is 0 Å². The molecule has 4 unspecified atom stereocenters. The second-order valence-electron chi connectivity index (χ2n) is 15.8. The number of hydrogen-bond donors (Lipinski definition) is 9. The zero-order valence-corrected chi connectivity index (χ0v) is 33.9. The molecule has 2 aliphatic rings. The Hall–Kier alpha value is -1.01. The van der Waals surface area contributed by atoms with Crippen molar-refractivity contribution < 1.29 is 64.6 Å². The molecular formula is C41H79NO13. The number of carbonyl (C=O) groups is 1. The smallest absolute Gasteiger partial charge is 0.220 e. The van der Waals surface area contributed by atoms with Gasteiger partial charge in [-0.25, -0.2) is 0 Å². The Morgan fingerprint density at radius 3 is 1.55 bits per heavy atom. The summed E-state index contributed by atoms with van der Waals surface area (Å²) in [5.41, 5.74) is 0. The fraction of sp³-hybridized carbons (Fsp3) is 0.976. The quantitative estimate of drug-likeness (QED) is 0.0445. The molecular weight excluding hydrogens is 714 g/mol. The van der Waals surface area contributed by atoms with Crippen molar-refractivity contribution in [1.82, 2.24) is 5.32 Å². The van der Waals surface area contributed by atoms with Crippen LogP contribution in [0.2, 0.25) is 0 Å². The average molecular weight is 794 g/mol. The molecule has 2 saturated heterocycles. The van der Waals surface area contributed by atoms with Crippen LogP contribution >= 0.6 is 0 Å². The molecule has 9 N–H and O–H groups in total. The van der Waals surface area contributed by atoms with Gasteiger partial charge in [-0.1, -0.05) is 142 Å². The molecule has 0 aliphatic carbocycles. The molecule has 2 aliphatic heterocycles. The van der Waals surface area contributed by atoms with Crippen LogP contribution in [0.1, 0.15) is 162 Å². The van der Waals surface area contributed by atoms with Gasteiger partial charge in [0.2, 0.25) is 5.91 Å². The molecule has 0 radical (unpaired) electrons. The van der Waals surface area contributed by atoms with E-state index in [0.29, 0.717) is 12.8 Å². The van der Waals surface area contributed by atoms with Crippen molar-refractivity contribution in [2.45, 2.75) is 235 Å². The second-order valence-corrected chi connectivity index (χ2v) is 15.8. The fourth-order valence-corrected chi connectivity index (χ4v) is 7.41. The molecule has 12 atom stereocenters. The lowest BCUT2D eigenvalue weighted by atomic mass is 9.97. The molecule has 2 heterocycles. The minimum atomic E-state index is -1.78. The SMILES string of the molecule is CCCCCCCCCCCCCCCC[C@@H](O)[C@H](CO[C@@H]1O[C@H](CO)[C@@H](O[C@@H]2O[C@H](CO)[C@H](O)C(O)C2O)C(O)C1O)NC(=O)CCCCCCCCC. The van der Waals surface area contributed by atoms with Crippen LogP contribution in [0.5, 0.6) is 0 Å². The van der Waals surface area contributed by atoms with Gasteiger partial charge in [0, 0.05) is 6.42 Å². The Kier molecular flexibility index (Phi) is 27.4. The summed E-state index contributed by atoms with van der Waals surface area (Å²) in [6.45, 7) is 2.77. The van der Waals surface area contributed by atoms with Crippen molar-refractivity contribution >= 4 is 5.91 Å². The van der Waals surface area contributed by atoms with Gasteiger partial charge in [-0.15, -0.1) is 0 Å². The third kappa shape index (κ3) is 19.1. The Balaban J connectivity index is 1.88. The van der Waals surface area contributed by atoms with Crippen LogP contribution < -0.4 is 5.32 Å². The van der Waals surface area contributed by atoms with E-state index in [1.54, 1.807) is 0 Å². The number of hydrogen-bond acceptors (Lipinski definition) is 13. The lowest BCUT2D eigenvalue weighted by Crippen LogP contribution is -2.65. The first kappa shape index (κ1) is 50.1. The third-order valence-corrected chi connectivity index (χ3v) is 11.1. The van der Waals surface area contributed by atoms with Crippen LogP contribution in [-0.2, 0) is 23.7 Å². The second kappa shape index (κ2) is 30.1. The Morgan fingerprint density at radius 2 is 1.04 bits per heavy atom. The summed E-state index contributed by atoms with van der Waals surface area (Å²) in [6, 6.07) is -0.817. The van der Waals surface area contributed by atoms with Gasteiger partial charge in [0.05, 0.1) is 32.0 Å². The van der Waals surface area contributed by atoms with E-state index in [2.05, 4.69) is 19.2 Å². The van der Waals surface area contributed by atoms with E-state index in [-0.39, 0.29) is 12.5 Å². The maximum Gasteiger partial charge on any atom is 0.220 e. The highest BCUT2D eigenvalue weighted by Gasteiger charge is 2.51. The van der Waals surface area contributed by atoms with Crippen molar-refractivity contribution in [2.24, 2.45) is 0 Å². The van der Waals surface area contributed by atoms with Gasteiger partial charge >= 0.3 is 0 Å². The Morgan fingerprint density at radius 1 is 0.582 bits per heavy atom. The van der Waals surface area contributed by atoms with E-state index < -0.39 is 86.8 Å². The van der Waals surface area contributed by atoms with Crippen LogP contribution in [0.25, 0.3) is 0 Å². The van der Waals surface area contributed by atoms with Gasteiger partial charge in [0.1, 0.15) is 48.8 Å². The number of ether oxygens (including phenoxy) is 4. The normalized spacial score (nSPS) is 29.6. The first-order valence-electron chi connectivity index (χ1n) is 21.8. The maximum atomic E-state index is 13.0. The summed E-state index contributed by atoms with van der Waals surface area (Å²) in [6.07, 6.45) is 8.55. The van der Waals surface area contributed by atoms with Gasteiger partial charge in [-0.05, 0) is 12.8 Å². The number of rotatable bonds is 32. The van der Waals surface area contributed by atoms with Gasteiger partial charge < -0.3 is 65.1 Å². The monoisotopic (exact) mass is 794 g/mol.